The van der Waals surface area contributed by atoms with E-state index in [-0.39, 0.29) is 11.3 Å². The second-order valence-corrected chi connectivity index (χ2v) is 6.55. The molecule has 0 heterocycles. The minimum absolute atomic E-state index is 0.0305. The van der Waals surface area contributed by atoms with Gasteiger partial charge in [-0.3, -0.25) is 4.79 Å². The van der Waals surface area contributed by atoms with Crippen LogP contribution < -0.4 is 5.32 Å². The molecule has 0 radical (unpaired) electrons. The number of nitrogens with one attached hydrogen (secondary N) is 1. The van der Waals surface area contributed by atoms with Crippen LogP contribution in [0.15, 0.2) is 40.9 Å². The van der Waals surface area contributed by atoms with Gasteiger partial charge in [0.2, 0.25) is 0 Å². The molecule has 4 heteroatoms. The highest BCUT2D eigenvalue weighted by molar-refractivity contribution is 9.10. The number of alkyl halides is 1. The average Bonchev–Trinajstić information content (AvgIpc) is 2.42. The van der Waals surface area contributed by atoms with Crippen molar-refractivity contribution in [1.82, 2.24) is 5.32 Å². The van der Waals surface area contributed by atoms with Gasteiger partial charge in [0.05, 0.1) is 0 Å². The third-order valence-electron chi connectivity index (χ3n) is 3.13. The molecule has 20 heavy (non-hydrogen) atoms. The smallest absolute Gasteiger partial charge is 0.251 e. The Hall–Kier alpha value is -1.06. The molecule has 0 saturated carbocycles. The molecule has 106 valence electrons. The van der Waals surface area contributed by atoms with Crippen LogP contribution in [-0.2, 0) is 0 Å². The van der Waals surface area contributed by atoms with Crippen LogP contribution in [0.25, 0.3) is 10.8 Å². The molecule has 0 saturated heterocycles. The van der Waals surface area contributed by atoms with Gasteiger partial charge < -0.3 is 5.32 Å². The normalized spacial score (nSPS) is 12.3. The molecule has 0 aliphatic rings. The monoisotopic (exact) mass is 353 g/mol. The molecule has 0 fully saturated rings. The Bertz CT molecular complexity index is 612. The van der Waals surface area contributed by atoms with Crippen molar-refractivity contribution in [2.75, 3.05) is 6.54 Å². The summed E-state index contributed by atoms with van der Waals surface area (Å²) in [4.78, 5) is 12.0. The van der Waals surface area contributed by atoms with E-state index >= 15 is 0 Å². The number of carbonyl (C=O) groups excluding carboxylic acids is 1. The number of carbonyl (C=O) groups is 1. The quantitative estimate of drug-likeness (QED) is 0.610. The zero-order chi connectivity index (χ0) is 14.5. The van der Waals surface area contributed by atoms with Gasteiger partial charge in [-0.05, 0) is 54.8 Å². The van der Waals surface area contributed by atoms with Crippen LogP contribution in [0.1, 0.15) is 30.1 Å². The first-order chi connectivity index (χ1) is 9.56. The lowest BCUT2D eigenvalue weighted by Gasteiger charge is -2.07. The minimum Gasteiger partial charge on any atom is -0.352 e. The summed E-state index contributed by atoms with van der Waals surface area (Å²) in [5.41, 5.74) is 0.693. The standard InChI is InChI=1S/C16H17BrClNO/c1-11(18)3-2-8-19-16(20)14-5-4-13-10-15(17)7-6-12(13)9-14/h4-7,9-11H,2-3,8H2,1H3,(H,19,20). The molecule has 0 bridgehead atoms. The second kappa shape index (κ2) is 7.09. The number of fused-ring (bicyclic) bond motifs is 1. The van der Waals surface area contributed by atoms with Crippen molar-refractivity contribution in [2.45, 2.75) is 25.1 Å². The summed E-state index contributed by atoms with van der Waals surface area (Å²) in [7, 11) is 0. The molecule has 0 aromatic heterocycles. The molecule has 2 nitrogen and oxygen atoms in total. The van der Waals surface area contributed by atoms with Gasteiger partial charge in [-0.2, -0.15) is 0 Å². The molecule has 0 aliphatic carbocycles. The summed E-state index contributed by atoms with van der Waals surface area (Å²) in [5, 5.41) is 5.26. The first kappa shape index (κ1) is 15.3. The zero-order valence-corrected chi connectivity index (χ0v) is 13.7. The number of hydrogen-bond acceptors (Lipinski definition) is 1. The highest BCUT2D eigenvalue weighted by Crippen LogP contribution is 2.20. The Balaban J connectivity index is 2.01. The topological polar surface area (TPSA) is 29.1 Å². The summed E-state index contributed by atoms with van der Waals surface area (Å²) in [6, 6.07) is 11.8. The molecule has 2 rings (SSSR count). The van der Waals surface area contributed by atoms with Crippen molar-refractivity contribution in [3.63, 3.8) is 0 Å². The molecule has 1 amide bonds. The van der Waals surface area contributed by atoms with Gasteiger partial charge in [-0.15, -0.1) is 11.6 Å². The van der Waals surface area contributed by atoms with Gasteiger partial charge in [0, 0.05) is 22.0 Å². The van der Waals surface area contributed by atoms with E-state index in [1.165, 1.54) is 0 Å². The van der Waals surface area contributed by atoms with Crippen molar-refractivity contribution >= 4 is 44.2 Å². The van der Waals surface area contributed by atoms with Gasteiger partial charge in [0.1, 0.15) is 0 Å². The number of rotatable bonds is 5. The van der Waals surface area contributed by atoms with Crippen LogP contribution in [0.2, 0.25) is 0 Å². The van der Waals surface area contributed by atoms with E-state index in [1.807, 2.05) is 43.3 Å². The summed E-state index contributed by atoms with van der Waals surface area (Å²) >= 11 is 9.32. The Labute approximate surface area is 132 Å². The Morgan fingerprint density at radius 1 is 1.25 bits per heavy atom. The van der Waals surface area contributed by atoms with Gasteiger partial charge in [0.25, 0.3) is 5.91 Å². The maximum Gasteiger partial charge on any atom is 0.251 e. The molecule has 0 spiro atoms. The fourth-order valence-electron chi connectivity index (χ4n) is 2.05. The average molecular weight is 355 g/mol. The third kappa shape index (κ3) is 4.22. The number of halogens is 2. The zero-order valence-electron chi connectivity index (χ0n) is 11.3. The Morgan fingerprint density at radius 2 is 1.95 bits per heavy atom. The van der Waals surface area contributed by atoms with Crippen molar-refractivity contribution in [1.29, 1.82) is 0 Å². The van der Waals surface area contributed by atoms with E-state index in [4.69, 9.17) is 11.6 Å². The molecule has 2 aromatic rings. The lowest BCUT2D eigenvalue weighted by molar-refractivity contribution is 0.0953. The van der Waals surface area contributed by atoms with E-state index in [9.17, 15) is 4.79 Å². The van der Waals surface area contributed by atoms with Crippen molar-refractivity contribution in [3.8, 4) is 0 Å². The van der Waals surface area contributed by atoms with E-state index in [0.717, 1.165) is 28.1 Å². The molecule has 1 unspecified atom stereocenters. The number of hydrogen-bond donors (Lipinski definition) is 1. The van der Waals surface area contributed by atoms with Gasteiger partial charge in [0.15, 0.2) is 0 Å². The van der Waals surface area contributed by atoms with Crippen molar-refractivity contribution in [2.24, 2.45) is 0 Å². The Kier molecular flexibility index (Phi) is 5.44. The van der Waals surface area contributed by atoms with E-state index in [2.05, 4.69) is 21.2 Å². The first-order valence-electron chi connectivity index (χ1n) is 6.68. The fraction of sp³-hybridized carbons (Fsp3) is 0.312. The second-order valence-electron chi connectivity index (χ2n) is 4.89. The molecule has 2 aromatic carbocycles. The van der Waals surface area contributed by atoms with E-state index < -0.39 is 0 Å². The Morgan fingerprint density at radius 3 is 2.70 bits per heavy atom. The van der Waals surface area contributed by atoms with Crippen LogP contribution in [0.5, 0.6) is 0 Å². The van der Waals surface area contributed by atoms with Crippen LogP contribution in [0, 0.1) is 0 Å². The van der Waals surface area contributed by atoms with Crippen LogP contribution in [-0.4, -0.2) is 17.8 Å². The van der Waals surface area contributed by atoms with Crippen molar-refractivity contribution < 1.29 is 4.79 Å². The summed E-state index contributed by atoms with van der Waals surface area (Å²) < 4.78 is 1.04. The van der Waals surface area contributed by atoms with E-state index in [0.29, 0.717) is 12.1 Å². The van der Waals surface area contributed by atoms with Crippen molar-refractivity contribution in [3.05, 3.63) is 46.4 Å². The molecular formula is C16H17BrClNO. The van der Waals surface area contributed by atoms with Gasteiger partial charge in [-0.1, -0.05) is 28.1 Å². The first-order valence-corrected chi connectivity index (χ1v) is 7.91. The predicted octanol–water partition coefficient (Wildman–Crippen LogP) is 4.74. The largest absolute Gasteiger partial charge is 0.352 e. The van der Waals surface area contributed by atoms with Crippen LogP contribution >= 0.6 is 27.5 Å². The van der Waals surface area contributed by atoms with E-state index in [1.54, 1.807) is 0 Å². The van der Waals surface area contributed by atoms with Gasteiger partial charge in [-0.25, -0.2) is 0 Å². The SMILES string of the molecule is CC(Cl)CCCNC(=O)c1ccc2cc(Br)ccc2c1. The highest BCUT2D eigenvalue weighted by Gasteiger charge is 2.06. The van der Waals surface area contributed by atoms with Crippen LogP contribution in [0.4, 0.5) is 0 Å². The molecule has 1 N–H and O–H groups in total. The number of amides is 1. The lowest BCUT2D eigenvalue weighted by atomic mass is 10.1. The summed E-state index contributed by atoms with van der Waals surface area (Å²) in [5.74, 6) is -0.0305. The number of benzene rings is 2. The summed E-state index contributed by atoms with van der Waals surface area (Å²) in [6.07, 6.45) is 1.81. The lowest BCUT2D eigenvalue weighted by Crippen LogP contribution is -2.24. The minimum atomic E-state index is -0.0305. The summed E-state index contributed by atoms with van der Waals surface area (Å²) in [6.45, 7) is 2.62. The molecule has 1 atom stereocenters. The maximum atomic E-state index is 12.0. The molecular weight excluding hydrogens is 338 g/mol. The van der Waals surface area contributed by atoms with Crippen LogP contribution in [0.3, 0.4) is 0 Å². The van der Waals surface area contributed by atoms with Gasteiger partial charge >= 0.3 is 0 Å². The highest BCUT2D eigenvalue weighted by atomic mass is 79.9. The molecule has 0 aliphatic heterocycles. The fourth-order valence-corrected chi connectivity index (χ4v) is 2.58. The third-order valence-corrected chi connectivity index (χ3v) is 3.84. The maximum absolute atomic E-state index is 12.0. The predicted molar refractivity (Wildman–Crippen MR) is 88.5 cm³/mol.